The fraction of sp³-hybridized carbons (Fsp3) is 0.0667. The third-order valence-electron chi connectivity index (χ3n) is 3.02. The highest BCUT2D eigenvalue weighted by molar-refractivity contribution is 5.90. The zero-order valence-electron chi connectivity index (χ0n) is 9.32. The van der Waals surface area contributed by atoms with Crippen LogP contribution in [0, 0.1) is 0 Å². The Balaban J connectivity index is 2.19. The highest BCUT2D eigenvalue weighted by atomic mass is 15.0. The molecule has 0 radical (unpaired) electrons. The van der Waals surface area contributed by atoms with Crippen molar-refractivity contribution >= 4 is 12.6 Å². The molecule has 0 fully saturated rings. The van der Waals surface area contributed by atoms with Crippen LogP contribution in [0.5, 0.6) is 0 Å². The summed E-state index contributed by atoms with van der Waals surface area (Å²) in [4.78, 5) is 8.73. The molecule has 2 heteroatoms. The molecule has 0 aromatic heterocycles. The molecular formula is C15H12N2. The Bertz CT molecular complexity index is 502. The van der Waals surface area contributed by atoms with Gasteiger partial charge in [-0.2, -0.15) is 0 Å². The first-order valence-corrected chi connectivity index (χ1v) is 5.61. The molecule has 1 heterocycles. The van der Waals surface area contributed by atoms with E-state index in [0.717, 1.165) is 11.1 Å². The fourth-order valence-corrected chi connectivity index (χ4v) is 2.15. The summed E-state index contributed by atoms with van der Waals surface area (Å²) >= 11 is 0. The lowest BCUT2D eigenvalue weighted by atomic mass is 9.85. The van der Waals surface area contributed by atoms with Gasteiger partial charge in [0.15, 0.2) is 0 Å². The predicted molar refractivity (Wildman–Crippen MR) is 70.6 cm³/mol. The van der Waals surface area contributed by atoms with E-state index in [2.05, 4.69) is 34.3 Å². The van der Waals surface area contributed by atoms with Gasteiger partial charge < -0.3 is 0 Å². The number of hydrogen-bond donors (Lipinski definition) is 0. The van der Waals surface area contributed by atoms with Crippen LogP contribution in [0.4, 0.5) is 0 Å². The maximum atomic E-state index is 4.56. The second-order valence-corrected chi connectivity index (χ2v) is 4.02. The van der Waals surface area contributed by atoms with Gasteiger partial charge in [-0.1, -0.05) is 60.7 Å². The van der Waals surface area contributed by atoms with Crippen LogP contribution in [-0.2, 0) is 5.54 Å². The molecule has 0 saturated carbocycles. The van der Waals surface area contributed by atoms with Gasteiger partial charge in [0.1, 0.15) is 11.9 Å². The van der Waals surface area contributed by atoms with E-state index in [4.69, 9.17) is 0 Å². The minimum Gasteiger partial charge on any atom is -0.251 e. The Kier molecular flexibility index (Phi) is 2.33. The summed E-state index contributed by atoms with van der Waals surface area (Å²) in [5, 5.41) is 0. The molecule has 2 aromatic carbocycles. The minimum atomic E-state index is -0.442. The Morgan fingerprint density at radius 2 is 1.24 bits per heavy atom. The Hall–Kier alpha value is -2.22. The largest absolute Gasteiger partial charge is 0.251 e. The van der Waals surface area contributed by atoms with Gasteiger partial charge >= 0.3 is 0 Å². The molecule has 17 heavy (non-hydrogen) atoms. The minimum absolute atomic E-state index is 0.442. The van der Waals surface area contributed by atoms with Crippen LogP contribution in [0.3, 0.4) is 0 Å². The standard InChI is InChI=1S/C15H12N2/c1-3-7-13(8-4-1)15(11-16-12-17-15)14-9-5-2-6-10-14/h1-12H. The van der Waals surface area contributed by atoms with Gasteiger partial charge in [0, 0.05) is 6.21 Å². The molecule has 0 spiro atoms. The van der Waals surface area contributed by atoms with Crippen molar-refractivity contribution in [2.24, 2.45) is 9.98 Å². The van der Waals surface area contributed by atoms with E-state index in [1.54, 1.807) is 6.34 Å². The topological polar surface area (TPSA) is 24.7 Å². The third kappa shape index (κ3) is 1.58. The second-order valence-electron chi connectivity index (χ2n) is 4.02. The SMILES string of the molecule is C1=NC=NC1(c1ccccc1)c1ccccc1. The Morgan fingerprint density at radius 3 is 1.65 bits per heavy atom. The molecule has 0 aliphatic carbocycles. The van der Waals surface area contributed by atoms with Gasteiger partial charge in [0.2, 0.25) is 0 Å². The normalized spacial score (nSPS) is 16.2. The molecule has 2 nitrogen and oxygen atoms in total. The molecular weight excluding hydrogens is 208 g/mol. The van der Waals surface area contributed by atoms with Crippen molar-refractivity contribution < 1.29 is 0 Å². The van der Waals surface area contributed by atoms with Crippen molar-refractivity contribution in [2.75, 3.05) is 0 Å². The van der Waals surface area contributed by atoms with Crippen LogP contribution in [0.15, 0.2) is 70.6 Å². The maximum absolute atomic E-state index is 4.56. The summed E-state index contributed by atoms with van der Waals surface area (Å²) in [6, 6.07) is 20.5. The van der Waals surface area contributed by atoms with Crippen LogP contribution in [0.2, 0.25) is 0 Å². The van der Waals surface area contributed by atoms with Crippen molar-refractivity contribution in [2.45, 2.75) is 5.54 Å². The average Bonchev–Trinajstić information content (AvgIpc) is 2.91. The van der Waals surface area contributed by atoms with Crippen LogP contribution in [0.25, 0.3) is 0 Å². The number of rotatable bonds is 2. The summed E-state index contributed by atoms with van der Waals surface area (Å²) < 4.78 is 0. The van der Waals surface area contributed by atoms with E-state index < -0.39 is 5.54 Å². The van der Waals surface area contributed by atoms with Gasteiger partial charge in [-0.3, -0.25) is 4.99 Å². The summed E-state index contributed by atoms with van der Waals surface area (Å²) in [7, 11) is 0. The van der Waals surface area contributed by atoms with Crippen molar-refractivity contribution in [3.8, 4) is 0 Å². The lowest BCUT2D eigenvalue weighted by Gasteiger charge is -2.23. The Morgan fingerprint density at radius 1 is 0.706 bits per heavy atom. The van der Waals surface area contributed by atoms with Crippen LogP contribution >= 0.6 is 0 Å². The molecule has 1 aliphatic heterocycles. The molecule has 1 aliphatic rings. The molecule has 82 valence electrons. The average molecular weight is 220 g/mol. The number of nitrogens with zero attached hydrogens (tertiary/aromatic N) is 2. The molecule has 3 rings (SSSR count). The van der Waals surface area contributed by atoms with Crippen LogP contribution in [0.1, 0.15) is 11.1 Å². The van der Waals surface area contributed by atoms with E-state index in [1.165, 1.54) is 0 Å². The van der Waals surface area contributed by atoms with Crippen molar-refractivity contribution in [3.05, 3.63) is 71.8 Å². The van der Waals surface area contributed by atoms with Gasteiger partial charge in [-0.25, -0.2) is 4.99 Å². The van der Waals surface area contributed by atoms with Gasteiger partial charge in [-0.15, -0.1) is 0 Å². The molecule has 0 amide bonds. The molecule has 0 saturated heterocycles. The van der Waals surface area contributed by atoms with E-state index in [9.17, 15) is 0 Å². The van der Waals surface area contributed by atoms with E-state index in [1.807, 2.05) is 42.6 Å². The zero-order valence-corrected chi connectivity index (χ0v) is 9.32. The summed E-state index contributed by atoms with van der Waals surface area (Å²) in [6.45, 7) is 0. The van der Waals surface area contributed by atoms with Crippen molar-refractivity contribution in [3.63, 3.8) is 0 Å². The summed E-state index contributed by atoms with van der Waals surface area (Å²) in [5.74, 6) is 0. The lowest BCUT2D eigenvalue weighted by molar-refractivity contribution is 0.765. The second kappa shape index (κ2) is 3.98. The fourth-order valence-electron chi connectivity index (χ4n) is 2.15. The number of benzene rings is 2. The highest BCUT2D eigenvalue weighted by Gasteiger charge is 2.33. The summed E-state index contributed by atoms with van der Waals surface area (Å²) in [5.41, 5.74) is 1.84. The van der Waals surface area contributed by atoms with Crippen LogP contribution in [-0.4, -0.2) is 12.6 Å². The van der Waals surface area contributed by atoms with Crippen molar-refractivity contribution in [1.82, 2.24) is 0 Å². The van der Waals surface area contributed by atoms with E-state index >= 15 is 0 Å². The molecule has 0 unspecified atom stereocenters. The van der Waals surface area contributed by atoms with Gasteiger partial charge in [0.25, 0.3) is 0 Å². The number of hydrogen-bond acceptors (Lipinski definition) is 2. The maximum Gasteiger partial charge on any atom is 0.147 e. The molecule has 0 atom stereocenters. The quantitative estimate of drug-likeness (QED) is 0.743. The Labute approximate surface area is 100 Å². The summed E-state index contributed by atoms with van der Waals surface area (Å²) in [6.07, 6.45) is 3.53. The first kappa shape index (κ1) is 9.97. The molecule has 2 aromatic rings. The monoisotopic (exact) mass is 220 g/mol. The zero-order chi connectivity index (χ0) is 11.6. The van der Waals surface area contributed by atoms with E-state index in [-0.39, 0.29) is 0 Å². The lowest BCUT2D eigenvalue weighted by Crippen LogP contribution is -2.24. The van der Waals surface area contributed by atoms with Gasteiger partial charge in [0.05, 0.1) is 0 Å². The van der Waals surface area contributed by atoms with Gasteiger partial charge in [-0.05, 0) is 11.1 Å². The smallest absolute Gasteiger partial charge is 0.147 e. The first-order chi connectivity index (χ1) is 8.42. The van der Waals surface area contributed by atoms with Crippen LogP contribution < -0.4 is 0 Å². The third-order valence-corrected chi connectivity index (χ3v) is 3.02. The highest BCUT2D eigenvalue weighted by Crippen LogP contribution is 2.33. The molecule has 0 N–H and O–H groups in total. The van der Waals surface area contributed by atoms with Crippen molar-refractivity contribution in [1.29, 1.82) is 0 Å². The first-order valence-electron chi connectivity index (χ1n) is 5.61. The number of aliphatic imine (C=N–C) groups is 2. The predicted octanol–water partition coefficient (Wildman–Crippen LogP) is 3.04. The molecule has 0 bridgehead atoms. The van der Waals surface area contributed by atoms with E-state index in [0.29, 0.717) is 0 Å².